The monoisotopic (exact) mass is 473 g/mol. The van der Waals surface area contributed by atoms with Crippen molar-refractivity contribution in [2.24, 2.45) is 0 Å². The Kier molecular flexibility index (Phi) is 7.40. The van der Waals surface area contributed by atoms with Crippen molar-refractivity contribution in [3.63, 3.8) is 0 Å². The second kappa shape index (κ2) is 10.2. The maximum Gasteiger partial charge on any atom is 0.138 e. The third kappa shape index (κ3) is 5.18. The summed E-state index contributed by atoms with van der Waals surface area (Å²) in [6, 6.07) is 14.2. The third-order valence-electron chi connectivity index (χ3n) is 5.30. The molecule has 0 bridgehead atoms. The van der Waals surface area contributed by atoms with Gasteiger partial charge in [0, 0.05) is 34.4 Å². The third-order valence-corrected chi connectivity index (χ3v) is 9.05. The Morgan fingerprint density at radius 3 is 2.68 bits per heavy atom. The predicted octanol–water partition coefficient (Wildman–Crippen LogP) is 7.74. The number of methoxy groups -OCH3 is 1. The summed E-state index contributed by atoms with van der Waals surface area (Å²) in [6.07, 6.45) is 3.44. The fourth-order valence-electron chi connectivity index (χ4n) is 3.47. The molecule has 1 aromatic carbocycles. The smallest absolute Gasteiger partial charge is 0.138 e. The van der Waals surface area contributed by atoms with Crippen LogP contribution in [0.2, 0.25) is 0 Å². The van der Waals surface area contributed by atoms with E-state index in [-0.39, 0.29) is 6.10 Å². The van der Waals surface area contributed by atoms with Crippen LogP contribution in [0.4, 0.5) is 0 Å². The molecule has 0 saturated heterocycles. The van der Waals surface area contributed by atoms with E-state index in [1.807, 2.05) is 24.3 Å². The van der Waals surface area contributed by atoms with Crippen LogP contribution in [0.15, 0.2) is 42.5 Å². The van der Waals surface area contributed by atoms with Crippen LogP contribution < -0.4 is 0 Å². The van der Waals surface area contributed by atoms with Crippen molar-refractivity contribution in [1.82, 2.24) is 4.98 Å². The SMILES string of the molecule is CCC(CCCOC(C)c1ccc(-c2cc(O)c(-c3nc4ccccc4s3)s2)s1)OC. The summed E-state index contributed by atoms with van der Waals surface area (Å²) in [5.74, 6) is 0.293. The fraction of sp³-hybridized carbons (Fsp3) is 0.375. The van der Waals surface area contributed by atoms with E-state index in [2.05, 4.69) is 32.0 Å². The summed E-state index contributed by atoms with van der Waals surface area (Å²) in [6.45, 7) is 4.98. The first kappa shape index (κ1) is 22.4. The minimum atomic E-state index is 0.0543. The zero-order chi connectivity index (χ0) is 21.8. The molecule has 0 saturated carbocycles. The summed E-state index contributed by atoms with van der Waals surface area (Å²) < 4.78 is 12.6. The average Bonchev–Trinajstić information content (AvgIpc) is 3.51. The van der Waals surface area contributed by atoms with E-state index in [0.29, 0.717) is 11.9 Å². The van der Waals surface area contributed by atoms with Crippen molar-refractivity contribution in [3.8, 4) is 25.4 Å². The molecule has 0 amide bonds. The molecule has 4 nitrogen and oxygen atoms in total. The summed E-state index contributed by atoms with van der Waals surface area (Å²) in [5, 5.41) is 11.4. The number of aromatic hydroxyl groups is 1. The van der Waals surface area contributed by atoms with E-state index in [1.165, 1.54) is 4.88 Å². The number of benzene rings is 1. The van der Waals surface area contributed by atoms with Gasteiger partial charge in [0.2, 0.25) is 0 Å². The normalized spacial score (nSPS) is 13.6. The number of ether oxygens (including phenoxy) is 2. The summed E-state index contributed by atoms with van der Waals surface area (Å²) >= 11 is 4.92. The largest absolute Gasteiger partial charge is 0.506 e. The van der Waals surface area contributed by atoms with Gasteiger partial charge < -0.3 is 14.6 Å². The molecule has 0 aliphatic rings. The van der Waals surface area contributed by atoms with Gasteiger partial charge in [-0.05, 0) is 50.5 Å². The van der Waals surface area contributed by atoms with Crippen LogP contribution in [-0.4, -0.2) is 29.9 Å². The number of thiazole rings is 1. The van der Waals surface area contributed by atoms with E-state index < -0.39 is 0 Å². The number of aromatic nitrogens is 1. The quantitative estimate of drug-likeness (QED) is 0.239. The first-order valence-corrected chi connectivity index (χ1v) is 13.0. The fourth-order valence-corrected chi connectivity index (χ4v) is 6.66. The molecule has 7 heteroatoms. The maximum absolute atomic E-state index is 10.6. The highest BCUT2D eigenvalue weighted by atomic mass is 32.1. The summed E-state index contributed by atoms with van der Waals surface area (Å²) in [4.78, 5) is 8.92. The Labute approximate surface area is 195 Å². The number of para-hydroxylation sites is 1. The van der Waals surface area contributed by atoms with Gasteiger partial charge in [0.25, 0.3) is 0 Å². The molecule has 2 atom stereocenters. The van der Waals surface area contributed by atoms with E-state index in [4.69, 9.17) is 14.5 Å². The van der Waals surface area contributed by atoms with Crippen LogP contribution in [0.5, 0.6) is 5.75 Å². The van der Waals surface area contributed by atoms with Crippen LogP contribution in [-0.2, 0) is 9.47 Å². The molecule has 3 aromatic heterocycles. The number of fused-ring (bicyclic) bond motifs is 1. The van der Waals surface area contributed by atoms with E-state index in [9.17, 15) is 5.11 Å². The molecule has 4 rings (SSSR count). The number of nitrogens with zero attached hydrogens (tertiary/aromatic N) is 1. The molecule has 0 spiro atoms. The predicted molar refractivity (Wildman–Crippen MR) is 133 cm³/mol. The lowest BCUT2D eigenvalue weighted by Gasteiger charge is -2.14. The van der Waals surface area contributed by atoms with Gasteiger partial charge in [-0.25, -0.2) is 4.98 Å². The highest BCUT2D eigenvalue weighted by Crippen LogP contribution is 2.46. The molecule has 2 unspecified atom stereocenters. The van der Waals surface area contributed by atoms with E-state index in [1.54, 1.807) is 41.1 Å². The van der Waals surface area contributed by atoms with Crippen LogP contribution in [0.3, 0.4) is 0 Å². The Morgan fingerprint density at radius 1 is 1.06 bits per heavy atom. The molecule has 3 heterocycles. The molecule has 0 aliphatic carbocycles. The van der Waals surface area contributed by atoms with Gasteiger partial charge in [0.15, 0.2) is 0 Å². The number of thiophene rings is 2. The lowest BCUT2D eigenvalue weighted by molar-refractivity contribution is 0.0452. The van der Waals surface area contributed by atoms with Crippen molar-refractivity contribution in [2.45, 2.75) is 45.3 Å². The zero-order valence-corrected chi connectivity index (χ0v) is 20.4. The number of rotatable bonds is 10. The first-order chi connectivity index (χ1) is 15.1. The van der Waals surface area contributed by atoms with Crippen molar-refractivity contribution >= 4 is 44.2 Å². The summed E-state index contributed by atoms with van der Waals surface area (Å²) in [7, 11) is 1.77. The lowest BCUT2D eigenvalue weighted by Crippen LogP contribution is -2.10. The molecule has 164 valence electrons. The van der Waals surface area contributed by atoms with E-state index >= 15 is 0 Å². The molecule has 0 radical (unpaired) electrons. The lowest BCUT2D eigenvalue weighted by atomic mass is 10.1. The standard InChI is InChI=1S/C24H27NO3S3/c1-4-16(27-3)8-7-13-28-15(2)19-11-12-21(29-19)22-14-18(26)23(30-22)24-25-17-9-5-6-10-20(17)31-24/h5-6,9-12,14-16,26H,4,7-8,13H2,1-3H3. The second-order valence-electron chi connectivity index (χ2n) is 7.43. The molecule has 0 aliphatic heterocycles. The molecule has 0 fully saturated rings. The van der Waals surface area contributed by atoms with Gasteiger partial charge in [-0.1, -0.05) is 19.1 Å². The van der Waals surface area contributed by atoms with E-state index in [0.717, 1.165) is 55.7 Å². The Hall–Kier alpha value is -1.77. The van der Waals surface area contributed by atoms with Gasteiger partial charge in [-0.15, -0.1) is 34.0 Å². The Balaban J connectivity index is 1.42. The van der Waals surface area contributed by atoms with Crippen molar-refractivity contribution in [1.29, 1.82) is 0 Å². The molecule has 31 heavy (non-hydrogen) atoms. The molecule has 1 N–H and O–H groups in total. The minimum absolute atomic E-state index is 0.0543. The topological polar surface area (TPSA) is 51.6 Å². The van der Waals surface area contributed by atoms with Crippen molar-refractivity contribution in [3.05, 3.63) is 47.3 Å². The number of hydrogen-bond acceptors (Lipinski definition) is 7. The zero-order valence-electron chi connectivity index (χ0n) is 18.0. The Bertz CT molecular complexity index is 1090. The second-order valence-corrected chi connectivity index (χ2v) is 10.6. The number of hydrogen-bond donors (Lipinski definition) is 1. The van der Waals surface area contributed by atoms with Gasteiger partial charge in [-0.2, -0.15) is 0 Å². The maximum atomic E-state index is 10.6. The summed E-state index contributed by atoms with van der Waals surface area (Å²) in [5.41, 5.74) is 0.969. The van der Waals surface area contributed by atoms with Crippen LogP contribution in [0.25, 0.3) is 29.9 Å². The van der Waals surface area contributed by atoms with Crippen LogP contribution in [0, 0.1) is 0 Å². The average molecular weight is 474 g/mol. The van der Waals surface area contributed by atoms with Crippen molar-refractivity contribution < 1.29 is 14.6 Å². The minimum Gasteiger partial charge on any atom is -0.506 e. The van der Waals surface area contributed by atoms with Gasteiger partial charge in [0.1, 0.15) is 15.6 Å². The highest BCUT2D eigenvalue weighted by molar-refractivity contribution is 7.28. The molecular weight excluding hydrogens is 446 g/mol. The highest BCUT2D eigenvalue weighted by Gasteiger charge is 2.18. The van der Waals surface area contributed by atoms with Gasteiger partial charge >= 0.3 is 0 Å². The van der Waals surface area contributed by atoms with Gasteiger partial charge in [0.05, 0.1) is 22.4 Å². The molecular formula is C24H27NO3S3. The van der Waals surface area contributed by atoms with Crippen LogP contribution >= 0.6 is 34.0 Å². The first-order valence-electron chi connectivity index (χ1n) is 10.5. The van der Waals surface area contributed by atoms with Gasteiger partial charge in [-0.3, -0.25) is 0 Å². The van der Waals surface area contributed by atoms with Crippen LogP contribution in [0.1, 0.15) is 44.1 Å². The molecule has 4 aromatic rings. The van der Waals surface area contributed by atoms with Crippen molar-refractivity contribution in [2.75, 3.05) is 13.7 Å². The Morgan fingerprint density at radius 2 is 1.90 bits per heavy atom.